The molecule has 0 bridgehead atoms. The molecule has 2 aliphatic rings. The highest BCUT2D eigenvalue weighted by Crippen LogP contribution is 2.36. The van der Waals surface area contributed by atoms with Gasteiger partial charge in [0.2, 0.25) is 12.7 Å². The van der Waals surface area contributed by atoms with Crippen molar-refractivity contribution in [1.82, 2.24) is 9.78 Å². The third kappa shape index (κ3) is 3.47. The summed E-state index contributed by atoms with van der Waals surface area (Å²) in [5.41, 5.74) is 3.47. The lowest BCUT2D eigenvalue weighted by Crippen LogP contribution is -2.13. The number of fused-ring (bicyclic) bond motifs is 2. The first-order valence-corrected chi connectivity index (χ1v) is 10.2. The van der Waals surface area contributed by atoms with Crippen molar-refractivity contribution in [2.75, 3.05) is 12.1 Å². The quantitative estimate of drug-likeness (QED) is 0.656. The molecule has 8 heteroatoms. The number of carbonyl (C=O) groups excluding carboxylic acids is 1. The Morgan fingerprint density at radius 3 is 2.83 bits per heavy atom. The second-order valence-corrected chi connectivity index (χ2v) is 7.58. The second kappa shape index (κ2) is 7.29. The molecule has 0 spiro atoms. The Bertz CT molecular complexity index is 1120. The number of rotatable bonds is 4. The monoisotopic (exact) mass is 409 g/mol. The number of hydrogen-bond acceptors (Lipinski definition) is 5. The number of ether oxygens (including phenoxy) is 2. The number of carbonyl (C=O) groups is 1. The molecule has 5 rings (SSSR count). The zero-order valence-corrected chi connectivity index (χ0v) is 16.0. The van der Waals surface area contributed by atoms with E-state index in [1.165, 1.54) is 18.2 Å². The van der Waals surface area contributed by atoms with Crippen molar-refractivity contribution in [2.45, 2.75) is 11.5 Å². The molecule has 2 aliphatic heterocycles. The maximum atomic E-state index is 13.3. The van der Waals surface area contributed by atoms with E-state index in [9.17, 15) is 9.18 Å². The van der Waals surface area contributed by atoms with Crippen molar-refractivity contribution in [2.24, 2.45) is 0 Å². The fourth-order valence-corrected chi connectivity index (χ4v) is 4.29. The molecule has 146 valence electrons. The number of thioether (sulfide) groups is 1. The zero-order chi connectivity index (χ0) is 19.8. The second-order valence-electron chi connectivity index (χ2n) is 6.59. The van der Waals surface area contributed by atoms with E-state index in [0.717, 1.165) is 28.3 Å². The first-order chi connectivity index (χ1) is 14.2. The van der Waals surface area contributed by atoms with Gasteiger partial charge >= 0.3 is 0 Å². The van der Waals surface area contributed by atoms with Crippen LogP contribution in [-0.2, 0) is 16.3 Å². The summed E-state index contributed by atoms with van der Waals surface area (Å²) in [7, 11) is 0. The summed E-state index contributed by atoms with van der Waals surface area (Å²) in [4.78, 5) is 12.6. The Labute approximate surface area is 170 Å². The van der Waals surface area contributed by atoms with Crippen molar-refractivity contribution >= 4 is 29.6 Å². The van der Waals surface area contributed by atoms with E-state index >= 15 is 0 Å². The van der Waals surface area contributed by atoms with E-state index in [0.29, 0.717) is 23.0 Å². The van der Waals surface area contributed by atoms with Gasteiger partial charge in [0, 0.05) is 23.1 Å². The Morgan fingerprint density at radius 2 is 1.97 bits per heavy atom. The minimum atomic E-state index is -0.318. The van der Waals surface area contributed by atoms with Crippen LogP contribution in [0.5, 0.6) is 11.5 Å². The topological polar surface area (TPSA) is 65.4 Å². The van der Waals surface area contributed by atoms with E-state index < -0.39 is 0 Å². The summed E-state index contributed by atoms with van der Waals surface area (Å²) < 4.78 is 25.6. The number of aromatic nitrogens is 2. The molecule has 0 saturated carbocycles. The van der Waals surface area contributed by atoms with Crippen LogP contribution in [0.25, 0.3) is 11.8 Å². The van der Waals surface area contributed by atoms with Crippen LogP contribution in [0.3, 0.4) is 0 Å². The average molecular weight is 409 g/mol. The molecule has 2 aromatic carbocycles. The highest BCUT2D eigenvalue weighted by molar-refractivity contribution is 7.98. The molecule has 1 N–H and O–H groups in total. The molecule has 0 saturated heterocycles. The zero-order valence-electron chi connectivity index (χ0n) is 15.2. The third-order valence-corrected chi connectivity index (χ3v) is 5.66. The van der Waals surface area contributed by atoms with Crippen LogP contribution in [0.2, 0.25) is 0 Å². The lowest BCUT2D eigenvalue weighted by Gasteiger charge is -2.10. The molecular weight excluding hydrogens is 393 g/mol. The van der Waals surface area contributed by atoms with Crippen LogP contribution in [0.4, 0.5) is 10.2 Å². The molecule has 0 atom stereocenters. The highest BCUT2D eigenvalue weighted by Gasteiger charge is 2.24. The maximum absolute atomic E-state index is 13.3. The molecule has 6 nitrogen and oxygen atoms in total. The summed E-state index contributed by atoms with van der Waals surface area (Å²) >= 11 is 1.75. The fourth-order valence-electron chi connectivity index (χ4n) is 3.26. The predicted molar refractivity (Wildman–Crippen MR) is 109 cm³/mol. The maximum Gasteiger partial charge on any atom is 0.249 e. The van der Waals surface area contributed by atoms with E-state index in [1.807, 2.05) is 18.2 Å². The largest absolute Gasteiger partial charge is 0.454 e. The summed E-state index contributed by atoms with van der Waals surface area (Å²) in [6.45, 7) is 0.208. The number of nitrogens with zero attached hydrogens (tertiary/aromatic N) is 2. The Balaban J connectivity index is 1.39. The van der Waals surface area contributed by atoms with Crippen molar-refractivity contribution in [3.8, 4) is 17.2 Å². The number of amides is 1. The van der Waals surface area contributed by atoms with E-state index in [-0.39, 0.29) is 18.5 Å². The number of halogens is 1. The summed E-state index contributed by atoms with van der Waals surface area (Å²) in [5, 5.41) is 7.54. The SMILES string of the molecule is O=C(/C=C\c1ccc2c(c1)OCO2)Nc1c2c(nn1-c1ccc(F)cc1)CSC2. The van der Waals surface area contributed by atoms with Gasteiger partial charge in [-0.15, -0.1) is 0 Å². The standard InChI is InChI=1S/C21H16FN3O3S/c22-14-3-5-15(6-4-14)25-21(16-10-29-11-17(16)24-25)23-20(26)8-2-13-1-7-18-19(9-13)28-12-27-18/h1-9H,10-12H2,(H,23,26)/b8-2-. The smallest absolute Gasteiger partial charge is 0.249 e. The van der Waals surface area contributed by atoms with Crippen LogP contribution in [0.15, 0.2) is 48.5 Å². The minimum Gasteiger partial charge on any atom is -0.454 e. The van der Waals surface area contributed by atoms with Gasteiger partial charge in [0.25, 0.3) is 0 Å². The molecular formula is C21H16FN3O3S. The van der Waals surface area contributed by atoms with Crippen LogP contribution < -0.4 is 14.8 Å². The number of benzene rings is 2. The van der Waals surface area contributed by atoms with Gasteiger partial charge in [-0.2, -0.15) is 16.9 Å². The van der Waals surface area contributed by atoms with E-state index in [2.05, 4.69) is 10.4 Å². The number of nitrogens with one attached hydrogen (secondary N) is 1. The molecule has 0 radical (unpaired) electrons. The predicted octanol–water partition coefficient (Wildman–Crippen LogP) is 4.14. The molecule has 29 heavy (non-hydrogen) atoms. The Kier molecular flexibility index (Phi) is 4.48. The van der Waals surface area contributed by atoms with Crippen molar-refractivity contribution in [1.29, 1.82) is 0 Å². The fraction of sp³-hybridized carbons (Fsp3) is 0.143. The van der Waals surface area contributed by atoms with Crippen LogP contribution in [0, 0.1) is 5.82 Å². The van der Waals surface area contributed by atoms with Gasteiger partial charge in [-0.05, 0) is 48.0 Å². The average Bonchev–Trinajstić information content (AvgIpc) is 3.44. The first-order valence-electron chi connectivity index (χ1n) is 9.00. The summed E-state index contributed by atoms with van der Waals surface area (Å²) in [6, 6.07) is 11.5. The molecule has 3 aromatic rings. The lowest BCUT2D eigenvalue weighted by molar-refractivity contribution is -0.111. The number of hydrogen-bond donors (Lipinski definition) is 1. The first kappa shape index (κ1) is 17.8. The van der Waals surface area contributed by atoms with Gasteiger partial charge < -0.3 is 14.8 Å². The van der Waals surface area contributed by atoms with Crippen LogP contribution in [0.1, 0.15) is 16.8 Å². The van der Waals surface area contributed by atoms with Gasteiger partial charge in [0.1, 0.15) is 11.6 Å². The molecule has 0 unspecified atom stereocenters. The molecule has 0 fully saturated rings. The Morgan fingerprint density at radius 1 is 1.14 bits per heavy atom. The molecule has 3 heterocycles. The minimum absolute atomic E-state index is 0.208. The normalized spacial score (nSPS) is 14.4. The highest BCUT2D eigenvalue weighted by atomic mass is 32.2. The van der Waals surface area contributed by atoms with Gasteiger partial charge in [0.05, 0.1) is 11.4 Å². The van der Waals surface area contributed by atoms with Gasteiger partial charge in [-0.1, -0.05) is 6.07 Å². The molecule has 0 aliphatic carbocycles. The van der Waals surface area contributed by atoms with Crippen LogP contribution >= 0.6 is 11.8 Å². The molecule has 1 amide bonds. The summed E-state index contributed by atoms with van der Waals surface area (Å²) in [5.74, 6) is 2.96. The number of anilines is 1. The lowest BCUT2D eigenvalue weighted by atomic mass is 10.2. The van der Waals surface area contributed by atoms with Gasteiger partial charge in [-0.25, -0.2) is 9.07 Å². The third-order valence-electron chi connectivity index (χ3n) is 4.69. The van der Waals surface area contributed by atoms with Gasteiger partial charge in [0.15, 0.2) is 11.5 Å². The van der Waals surface area contributed by atoms with E-state index in [1.54, 1.807) is 34.7 Å². The van der Waals surface area contributed by atoms with E-state index in [4.69, 9.17) is 9.47 Å². The van der Waals surface area contributed by atoms with Gasteiger partial charge in [-0.3, -0.25) is 4.79 Å². The Hall–Kier alpha value is -3.26. The van der Waals surface area contributed by atoms with Crippen LogP contribution in [-0.4, -0.2) is 22.5 Å². The van der Waals surface area contributed by atoms with Crippen molar-refractivity contribution in [3.05, 3.63) is 71.2 Å². The summed E-state index contributed by atoms with van der Waals surface area (Å²) in [6.07, 6.45) is 3.18. The van der Waals surface area contributed by atoms with Crippen molar-refractivity contribution < 1.29 is 18.7 Å². The molecule has 1 aromatic heterocycles. The van der Waals surface area contributed by atoms with Crippen molar-refractivity contribution in [3.63, 3.8) is 0 Å².